The fraction of sp³-hybridized carbons (Fsp3) is 0.923. The predicted octanol–water partition coefficient (Wildman–Crippen LogP) is 2.27. The van der Waals surface area contributed by atoms with Crippen molar-refractivity contribution in [3.63, 3.8) is 0 Å². The Morgan fingerprint density at radius 3 is 2.12 bits per heavy atom. The molecule has 0 saturated heterocycles. The molecule has 0 rings (SSSR count). The van der Waals surface area contributed by atoms with E-state index >= 15 is 0 Å². The van der Waals surface area contributed by atoms with E-state index < -0.39 is 0 Å². The number of carbonyl (C=O) groups excluding carboxylic acids is 1. The highest BCUT2D eigenvalue weighted by Gasteiger charge is 2.10. The van der Waals surface area contributed by atoms with E-state index in [0.717, 1.165) is 19.5 Å². The van der Waals surface area contributed by atoms with Gasteiger partial charge in [0.2, 0.25) is 5.91 Å². The summed E-state index contributed by atoms with van der Waals surface area (Å²) >= 11 is 0. The summed E-state index contributed by atoms with van der Waals surface area (Å²) in [5.74, 6) is 0.863. The molecule has 0 heterocycles. The summed E-state index contributed by atoms with van der Waals surface area (Å²) in [6.45, 7) is 13.1. The highest BCUT2D eigenvalue weighted by Crippen LogP contribution is 2.06. The number of amides is 1. The van der Waals surface area contributed by atoms with Crippen molar-refractivity contribution in [3.05, 3.63) is 0 Å². The van der Waals surface area contributed by atoms with E-state index in [4.69, 9.17) is 0 Å². The van der Waals surface area contributed by atoms with Gasteiger partial charge in [0.1, 0.15) is 0 Å². The van der Waals surface area contributed by atoms with Crippen LogP contribution in [0, 0.1) is 5.92 Å². The molecule has 0 aromatic carbocycles. The Morgan fingerprint density at radius 1 is 1.12 bits per heavy atom. The number of nitrogens with zero attached hydrogens (tertiary/aromatic N) is 1. The van der Waals surface area contributed by atoms with Crippen molar-refractivity contribution < 1.29 is 4.79 Å². The quantitative estimate of drug-likeness (QED) is 0.691. The first-order chi connectivity index (χ1) is 7.49. The Hall–Kier alpha value is -0.570. The Kier molecular flexibility index (Phi) is 8.26. The van der Waals surface area contributed by atoms with Crippen LogP contribution in [0.25, 0.3) is 0 Å². The van der Waals surface area contributed by atoms with E-state index in [-0.39, 0.29) is 5.91 Å². The molecule has 0 aliphatic heterocycles. The Morgan fingerprint density at radius 2 is 1.69 bits per heavy atom. The van der Waals surface area contributed by atoms with E-state index in [9.17, 15) is 4.79 Å². The molecule has 0 fully saturated rings. The first-order valence-corrected chi connectivity index (χ1v) is 6.51. The summed E-state index contributed by atoms with van der Waals surface area (Å²) in [5, 5.41) is 3.05. The average molecular weight is 228 g/mol. The summed E-state index contributed by atoms with van der Waals surface area (Å²) in [5.41, 5.74) is 0. The van der Waals surface area contributed by atoms with Crippen LogP contribution in [0.15, 0.2) is 0 Å². The molecule has 0 unspecified atom stereocenters. The standard InChI is InChI=1S/C13H28N2O/c1-6-15(7-2)10-13(16)14-12(5)9-8-11(3)4/h11-12H,6-10H2,1-5H3,(H,14,16)/t12-/m0/s1. The smallest absolute Gasteiger partial charge is 0.234 e. The zero-order valence-corrected chi connectivity index (χ0v) is 11.5. The number of nitrogens with one attached hydrogen (secondary N) is 1. The zero-order valence-electron chi connectivity index (χ0n) is 11.5. The molecule has 0 radical (unpaired) electrons. The first kappa shape index (κ1) is 15.4. The third-order valence-electron chi connectivity index (χ3n) is 2.85. The molecular formula is C13H28N2O. The summed E-state index contributed by atoms with van der Waals surface area (Å²) in [6.07, 6.45) is 2.24. The van der Waals surface area contributed by atoms with Crippen LogP contribution in [0.1, 0.15) is 47.5 Å². The van der Waals surface area contributed by atoms with E-state index in [1.807, 2.05) is 0 Å². The highest BCUT2D eigenvalue weighted by molar-refractivity contribution is 5.78. The van der Waals surface area contributed by atoms with Crippen molar-refractivity contribution in [2.45, 2.75) is 53.5 Å². The fourth-order valence-corrected chi connectivity index (χ4v) is 1.63. The number of carbonyl (C=O) groups is 1. The molecule has 0 bridgehead atoms. The highest BCUT2D eigenvalue weighted by atomic mass is 16.2. The molecule has 96 valence electrons. The summed E-state index contributed by atoms with van der Waals surface area (Å²) in [6, 6.07) is 0.297. The molecule has 3 heteroatoms. The van der Waals surface area contributed by atoms with Gasteiger partial charge in [-0.15, -0.1) is 0 Å². The molecule has 0 aliphatic carbocycles. The maximum atomic E-state index is 11.7. The second-order valence-corrected chi connectivity index (χ2v) is 4.90. The van der Waals surface area contributed by atoms with Gasteiger partial charge < -0.3 is 5.32 Å². The largest absolute Gasteiger partial charge is 0.353 e. The summed E-state index contributed by atoms with van der Waals surface area (Å²) in [4.78, 5) is 13.8. The minimum Gasteiger partial charge on any atom is -0.353 e. The topological polar surface area (TPSA) is 32.3 Å². The van der Waals surface area contributed by atoms with Gasteiger partial charge in [0.05, 0.1) is 6.54 Å². The second-order valence-electron chi connectivity index (χ2n) is 4.90. The minimum atomic E-state index is 0.153. The van der Waals surface area contributed by atoms with Gasteiger partial charge in [0, 0.05) is 6.04 Å². The molecule has 1 N–H and O–H groups in total. The molecule has 0 aliphatic rings. The van der Waals surface area contributed by atoms with Crippen molar-refractivity contribution in [2.75, 3.05) is 19.6 Å². The number of hydrogen-bond acceptors (Lipinski definition) is 2. The molecular weight excluding hydrogens is 200 g/mol. The lowest BCUT2D eigenvalue weighted by Gasteiger charge is -2.20. The Bertz CT molecular complexity index is 188. The lowest BCUT2D eigenvalue weighted by Crippen LogP contribution is -2.41. The van der Waals surface area contributed by atoms with Crippen LogP contribution in [0.5, 0.6) is 0 Å². The van der Waals surface area contributed by atoms with Gasteiger partial charge in [0.25, 0.3) is 0 Å². The van der Waals surface area contributed by atoms with Gasteiger partial charge in [-0.2, -0.15) is 0 Å². The Balaban J connectivity index is 3.77. The van der Waals surface area contributed by atoms with Crippen molar-refractivity contribution in [1.82, 2.24) is 10.2 Å². The molecule has 0 aromatic heterocycles. The van der Waals surface area contributed by atoms with Crippen molar-refractivity contribution in [1.29, 1.82) is 0 Å². The van der Waals surface area contributed by atoms with Crippen LogP contribution in [0.4, 0.5) is 0 Å². The maximum Gasteiger partial charge on any atom is 0.234 e. The molecule has 1 atom stereocenters. The molecule has 0 aromatic rings. The van der Waals surface area contributed by atoms with Crippen LogP contribution in [0.2, 0.25) is 0 Å². The number of rotatable bonds is 8. The fourth-order valence-electron chi connectivity index (χ4n) is 1.63. The molecule has 16 heavy (non-hydrogen) atoms. The molecule has 0 spiro atoms. The third kappa shape index (κ3) is 7.69. The normalized spacial score (nSPS) is 13.2. The van der Waals surface area contributed by atoms with E-state index in [2.05, 4.69) is 44.8 Å². The first-order valence-electron chi connectivity index (χ1n) is 6.51. The average Bonchev–Trinajstić information content (AvgIpc) is 2.23. The van der Waals surface area contributed by atoms with Gasteiger partial charge >= 0.3 is 0 Å². The van der Waals surface area contributed by atoms with Crippen LogP contribution in [0.3, 0.4) is 0 Å². The lowest BCUT2D eigenvalue weighted by atomic mass is 10.0. The number of hydrogen-bond donors (Lipinski definition) is 1. The SMILES string of the molecule is CCN(CC)CC(=O)N[C@@H](C)CCC(C)C. The second kappa shape index (κ2) is 8.57. The van der Waals surface area contributed by atoms with Gasteiger partial charge in [-0.25, -0.2) is 0 Å². The summed E-state index contributed by atoms with van der Waals surface area (Å²) < 4.78 is 0. The van der Waals surface area contributed by atoms with Crippen LogP contribution in [-0.2, 0) is 4.79 Å². The van der Waals surface area contributed by atoms with Crippen LogP contribution >= 0.6 is 0 Å². The monoisotopic (exact) mass is 228 g/mol. The van der Waals surface area contributed by atoms with E-state index in [1.54, 1.807) is 0 Å². The molecule has 3 nitrogen and oxygen atoms in total. The Labute approximate surface area is 101 Å². The molecule has 0 saturated carbocycles. The van der Waals surface area contributed by atoms with Crippen molar-refractivity contribution in [3.8, 4) is 0 Å². The zero-order chi connectivity index (χ0) is 12.6. The van der Waals surface area contributed by atoms with Crippen LogP contribution < -0.4 is 5.32 Å². The van der Waals surface area contributed by atoms with Crippen molar-refractivity contribution in [2.24, 2.45) is 5.92 Å². The number of likely N-dealkylation sites (N-methyl/N-ethyl adjacent to an activating group) is 1. The lowest BCUT2D eigenvalue weighted by molar-refractivity contribution is -0.122. The van der Waals surface area contributed by atoms with Gasteiger partial charge in [0.15, 0.2) is 0 Å². The van der Waals surface area contributed by atoms with Crippen molar-refractivity contribution >= 4 is 5.91 Å². The molecule has 1 amide bonds. The van der Waals surface area contributed by atoms with Gasteiger partial charge in [-0.05, 0) is 38.8 Å². The van der Waals surface area contributed by atoms with Gasteiger partial charge in [-0.1, -0.05) is 27.7 Å². The van der Waals surface area contributed by atoms with E-state index in [0.29, 0.717) is 18.5 Å². The predicted molar refractivity (Wildman–Crippen MR) is 69.5 cm³/mol. The van der Waals surface area contributed by atoms with E-state index in [1.165, 1.54) is 6.42 Å². The van der Waals surface area contributed by atoms with Gasteiger partial charge in [-0.3, -0.25) is 9.69 Å². The summed E-state index contributed by atoms with van der Waals surface area (Å²) in [7, 11) is 0. The maximum absolute atomic E-state index is 11.7. The minimum absolute atomic E-state index is 0.153. The van der Waals surface area contributed by atoms with Crippen LogP contribution in [-0.4, -0.2) is 36.5 Å². The third-order valence-corrected chi connectivity index (χ3v) is 2.85.